The Bertz CT molecular complexity index is 1260. The molecular weight excluding hydrogens is 420 g/mol. The number of benzene rings is 1. The van der Waals surface area contributed by atoms with Gasteiger partial charge in [-0.05, 0) is 63.6 Å². The summed E-state index contributed by atoms with van der Waals surface area (Å²) in [6.07, 6.45) is 3.86. The molecule has 0 bridgehead atoms. The van der Waals surface area contributed by atoms with Crippen molar-refractivity contribution < 1.29 is 4.79 Å². The van der Waals surface area contributed by atoms with Crippen molar-refractivity contribution in [1.82, 2.24) is 30.4 Å². The summed E-state index contributed by atoms with van der Waals surface area (Å²) < 4.78 is 0. The van der Waals surface area contributed by atoms with E-state index in [1.165, 1.54) is 4.88 Å². The number of nitrogens with one attached hydrogen (secondary N) is 2. The van der Waals surface area contributed by atoms with Crippen LogP contribution in [-0.2, 0) is 6.54 Å². The lowest BCUT2D eigenvalue weighted by molar-refractivity contribution is 0.0901. The molecule has 8 heteroatoms. The number of H-pyrrole nitrogens is 1. The zero-order chi connectivity index (χ0) is 22.1. The number of hydrogen-bond acceptors (Lipinski definition) is 6. The zero-order valence-corrected chi connectivity index (χ0v) is 19.1. The fourth-order valence-electron chi connectivity index (χ4n) is 4.33. The molecule has 164 valence electrons. The second-order valence-corrected chi connectivity index (χ2v) is 9.37. The molecule has 1 aromatic carbocycles. The van der Waals surface area contributed by atoms with Gasteiger partial charge in [-0.25, -0.2) is 4.98 Å². The van der Waals surface area contributed by atoms with Gasteiger partial charge in [0.05, 0.1) is 16.7 Å². The van der Waals surface area contributed by atoms with Gasteiger partial charge in [-0.3, -0.25) is 19.8 Å². The average molecular weight is 447 g/mol. The van der Waals surface area contributed by atoms with Crippen LogP contribution >= 0.6 is 11.3 Å². The van der Waals surface area contributed by atoms with Crippen LogP contribution in [0.25, 0.3) is 22.2 Å². The molecule has 1 aliphatic rings. The first-order valence-corrected chi connectivity index (χ1v) is 11.8. The second kappa shape index (κ2) is 8.80. The molecule has 1 aliphatic heterocycles. The first kappa shape index (κ1) is 20.8. The largest absolute Gasteiger partial charge is 0.348 e. The zero-order valence-electron chi connectivity index (χ0n) is 18.3. The van der Waals surface area contributed by atoms with E-state index in [-0.39, 0.29) is 11.9 Å². The summed E-state index contributed by atoms with van der Waals surface area (Å²) in [5, 5.41) is 11.7. The number of carbonyl (C=O) groups excluding carboxylic acids is 1. The summed E-state index contributed by atoms with van der Waals surface area (Å²) in [6, 6.07) is 9.81. The van der Waals surface area contributed by atoms with E-state index < -0.39 is 0 Å². The van der Waals surface area contributed by atoms with Crippen molar-refractivity contribution in [3.8, 4) is 11.3 Å². The summed E-state index contributed by atoms with van der Waals surface area (Å²) in [5.74, 6) is -0.0363. The average Bonchev–Trinajstić information content (AvgIpc) is 3.39. The van der Waals surface area contributed by atoms with Crippen LogP contribution in [0.5, 0.6) is 0 Å². The molecule has 4 heterocycles. The Kier molecular flexibility index (Phi) is 5.71. The fraction of sp³-hybridized carbons (Fsp3) is 0.333. The maximum Gasteiger partial charge on any atom is 0.251 e. The first-order chi connectivity index (χ1) is 15.6. The van der Waals surface area contributed by atoms with Gasteiger partial charge in [0.15, 0.2) is 0 Å². The number of likely N-dealkylation sites (tertiary alicyclic amines) is 1. The SMILES string of the molecule is Cc1cc(-c2n[nH]c3ccc(C(=O)N[C@@H]4CCCN(Cc5scnc5C)C4)cc23)ccn1. The predicted octanol–water partition coefficient (Wildman–Crippen LogP) is 4.09. The van der Waals surface area contributed by atoms with Gasteiger partial charge in [0, 0.05) is 52.4 Å². The Morgan fingerprint density at radius 2 is 2.16 bits per heavy atom. The number of aromatic nitrogens is 4. The van der Waals surface area contributed by atoms with Crippen molar-refractivity contribution in [2.45, 2.75) is 39.3 Å². The number of aromatic amines is 1. The summed E-state index contributed by atoms with van der Waals surface area (Å²) in [4.78, 5) is 25.4. The van der Waals surface area contributed by atoms with Gasteiger partial charge in [-0.2, -0.15) is 5.10 Å². The van der Waals surface area contributed by atoms with E-state index in [4.69, 9.17) is 0 Å². The molecule has 0 saturated carbocycles. The highest BCUT2D eigenvalue weighted by atomic mass is 32.1. The summed E-state index contributed by atoms with van der Waals surface area (Å²) in [6.45, 7) is 6.83. The van der Waals surface area contributed by atoms with Gasteiger partial charge in [-0.1, -0.05) is 0 Å². The van der Waals surface area contributed by atoms with Gasteiger partial charge in [0.1, 0.15) is 5.69 Å². The molecular formula is C24H26N6OS. The number of carbonyl (C=O) groups is 1. The number of hydrogen-bond donors (Lipinski definition) is 2. The number of rotatable bonds is 5. The summed E-state index contributed by atoms with van der Waals surface area (Å²) in [7, 11) is 0. The number of amides is 1. The Morgan fingerprint density at radius 1 is 1.25 bits per heavy atom. The van der Waals surface area contributed by atoms with Crippen LogP contribution in [0.15, 0.2) is 42.0 Å². The van der Waals surface area contributed by atoms with Crippen LogP contribution in [0.3, 0.4) is 0 Å². The molecule has 4 aromatic rings. The third-order valence-corrected chi connectivity index (χ3v) is 6.97. The lowest BCUT2D eigenvalue weighted by atomic mass is 10.0. The Balaban J connectivity index is 1.31. The first-order valence-electron chi connectivity index (χ1n) is 10.9. The topological polar surface area (TPSA) is 86.8 Å². The minimum atomic E-state index is -0.0363. The number of nitrogens with zero attached hydrogens (tertiary/aromatic N) is 4. The minimum Gasteiger partial charge on any atom is -0.348 e. The molecule has 5 rings (SSSR count). The van der Waals surface area contributed by atoms with Crippen molar-refractivity contribution in [2.75, 3.05) is 13.1 Å². The third-order valence-electron chi connectivity index (χ3n) is 6.05. The van der Waals surface area contributed by atoms with Gasteiger partial charge in [0.2, 0.25) is 0 Å². The quantitative estimate of drug-likeness (QED) is 0.482. The van der Waals surface area contributed by atoms with E-state index >= 15 is 0 Å². The normalized spacial score (nSPS) is 17.0. The van der Waals surface area contributed by atoms with Crippen molar-refractivity contribution in [3.05, 3.63) is 63.9 Å². The molecule has 2 N–H and O–H groups in total. The predicted molar refractivity (Wildman–Crippen MR) is 127 cm³/mol. The second-order valence-electron chi connectivity index (χ2n) is 8.43. The summed E-state index contributed by atoms with van der Waals surface area (Å²) in [5.41, 5.74) is 7.34. The Labute approximate surface area is 190 Å². The molecule has 0 radical (unpaired) electrons. The van der Waals surface area contributed by atoms with Crippen molar-refractivity contribution in [1.29, 1.82) is 0 Å². The van der Waals surface area contributed by atoms with E-state index in [2.05, 4.69) is 37.3 Å². The van der Waals surface area contributed by atoms with Crippen LogP contribution in [0.1, 0.15) is 39.5 Å². The van der Waals surface area contributed by atoms with Crippen LogP contribution in [0.2, 0.25) is 0 Å². The van der Waals surface area contributed by atoms with Crippen LogP contribution < -0.4 is 5.32 Å². The highest BCUT2D eigenvalue weighted by Gasteiger charge is 2.23. The minimum absolute atomic E-state index is 0.0363. The van der Waals surface area contributed by atoms with Gasteiger partial charge in [-0.15, -0.1) is 11.3 Å². The Hall–Kier alpha value is -3.10. The molecule has 1 fully saturated rings. The van der Waals surface area contributed by atoms with Gasteiger partial charge >= 0.3 is 0 Å². The number of piperidine rings is 1. The van der Waals surface area contributed by atoms with Crippen LogP contribution in [0.4, 0.5) is 0 Å². The number of pyridine rings is 1. The molecule has 0 unspecified atom stereocenters. The molecule has 1 atom stereocenters. The molecule has 32 heavy (non-hydrogen) atoms. The molecule has 7 nitrogen and oxygen atoms in total. The van der Waals surface area contributed by atoms with Crippen LogP contribution in [0, 0.1) is 13.8 Å². The van der Waals surface area contributed by atoms with E-state index in [0.717, 1.165) is 66.0 Å². The maximum atomic E-state index is 13.1. The van der Waals surface area contributed by atoms with E-state index in [9.17, 15) is 4.79 Å². The van der Waals surface area contributed by atoms with Crippen molar-refractivity contribution in [3.63, 3.8) is 0 Å². The smallest absolute Gasteiger partial charge is 0.251 e. The van der Waals surface area contributed by atoms with E-state index in [1.54, 1.807) is 17.5 Å². The van der Waals surface area contributed by atoms with E-state index in [1.807, 2.05) is 42.8 Å². The molecule has 1 amide bonds. The molecule has 0 aliphatic carbocycles. The lowest BCUT2D eigenvalue weighted by Crippen LogP contribution is -2.47. The molecule has 3 aromatic heterocycles. The molecule has 1 saturated heterocycles. The Morgan fingerprint density at radius 3 is 2.97 bits per heavy atom. The molecule has 0 spiro atoms. The number of thiazole rings is 1. The van der Waals surface area contributed by atoms with E-state index in [0.29, 0.717) is 5.56 Å². The number of fused-ring (bicyclic) bond motifs is 1. The highest BCUT2D eigenvalue weighted by molar-refractivity contribution is 7.09. The highest BCUT2D eigenvalue weighted by Crippen LogP contribution is 2.27. The fourth-order valence-corrected chi connectivity index (χ4v) is 5.15. The third kappa shape index (κ3) is 4.28. The van der Waals surface area contributed by atoms with Gasteiger partial charge in [0.25, 0.3) is 5.91 Å². The summed E-state index contributed by atoms with van der Waals surface area (Å²) >= 11 is 1.70. The van der Waals surface area contributed by atoms with Gasteiger partial charge < -0.3 is 5.32 Å². The monoisotopic (exact) mass is 446 g/mol. The lowest BCUT2D eigenvalue weighted by Gasteiger charge is -2.33. The maximum absolute atomic E-state index is 13.1. The standard InChI is InChI=1S/C24H26N6OS/c1-15-10-17(7-8-25-15)23-20-11-18(5-6-21(20)28-29-23)24(31)27-19-4-3-9-30(12-19)13-22-16(2)26-14-32-22/h5-8,10-11,14,19H,3-4,9,12-13H2,1-2H3,(H,27,31)(H,28,29)/t19-/m1/s1. The van der Waals surface area contributed by atoms with Crippen LogP contribution in [-0.4, -0.2) is 50.1 Å². The van der Waals surface area contributed by atoms with Crippen molar-refractivity contribution in [2.24, 2.45) is 0 Å². The van der Waals surface area contributed by atoms with Crippen molar-refractivity contribution >= 4 is 28.1 Å². The number of aryl methyl sites for hydroxylation is 2.